The molecule has 0 radical (unpaired) electrons. The van der Waals surface area contributed by atoms with E-state index in [1.54, 1.807) is 29.1 Å². The molecule has 3 aromatic rings. The van der Waals surface area contributed by atoms with Crippen LogP contribution >= 0.6 is 23.2 Å². The summed E-state index contributed by atoms with van der Waals surface area (Å²) in [4.78, 5) is 14.6. The molecule has 0 aliphatic heterocycles. The minimum atomic E-state index is -0.443. The van der Waals surface area contributed by atoms with Crippen LogP contribution in [-0.2, 0) is 6.54 Å². The van der Waals surface area contributed by atoms with E-state index >= 15 is 0 Å². The molecule has 3 rings (SSSR count). The van der Waals surface area contributed by atoms with E-state index in [4.69, 9.17) is 23.2 Å². The van der Waals surface area contributed by atoms with Gasteiger partial charge in [-0.05, 0) is 18.2 Å². The highest BCUT2D eigenvalue weighted by molar-refractivity contribution is 6.32. The van der Waals surface area contributed by atoms with Crippen molar-refractivity contribution in [1.82, 2.24) is 14.8 Å². The number of hydrogen-bond donors (Lipinski definition) is 0. The Labute approximate surface area is 129 Å². The minimum Gasteiger partial charge on any atom is -0.259 e. The van der Waals surface area contributed by atoms with Crippen molar-refractivity contribution in [2.45, 2.75) is 6.54 Å². The number of nitrogens with zero attached hydrogens (tertiary/aromatic N) is 4. The summed E-state index contributed by atoms with van der Waals surface area (Å²) in [5.41, 5.74) is 1.21. The van der Waals surface area contributed by atoms with Crippen LogP contribution in [0.4, 0.5) is 5.69 Å². The average molecular weight is 323 g/mol. The van der Waals surface area contributed by atoms with Crippen molar-refractivity contribution < 1.29 is 4.92 Å². The summed E-state index contributed by atoms with van der Waals surface area (Å²) >= 11 is 11.9. The second-order valence-corrected chi connectivity index (χ2v) is 5.16. The molecule has 0 N–H and O–H groups in total. The van der Waals surface area contributed by atoms with Gasteiger partial charge in [-0.3, -0.25) is 14.8 Å². The molecule has 1 aromatic carbocycles. The fourth-order valence-corrected chi connectivity index (χ4v) is 2.34. The Morgan fingerprint density at radius 3 is 2.81 bits per heavy atom. The van der Waals surface area contributed by atoms with Crippen LogP contribution in [0.2, 0.25) is 10.2 Å². The third-order valence-electron chi connectivity index (χ3n) is 3.02. The summed E-state index contributed by atoms with van der Waals surface area (Å²) < 4.78 is 1.60. The summed E-state index contributed by atoms with van der Waals surface area (Å²) in [7, 11) is 0. The van der Waals surface area contributed by atoms with Crippen molar-refractivity contribution in [3.8, 4) is 0 Å². The first kappa shape index (κ1) is 13.8. The molecule has 2 heterocycles. The molecule has 106 valence electrons. The average Bonchev–Trinajstić information content (AvgIpc) is 2.85. The van der Waals surface area contributed by atoms with Crippen LogP contribution in [0.1, 0.15) is 5.69 Å². The molecular weight excluding hydrogens is 315 g/mol. The molecule has 0 aliphatic rings. The molecule has 0 saturated heterocycles. The lowest BCUT2D eigenvalue weighted by Crippen LogP contribution is -2.04. The van der Waals surface area contributed by atoms with Gasteiger partial charge in [0.1, 0.15) is 5.15 Å². The van der Waals surface area contributed by atoms with Crippen LogP contribution in [-0.4, -0.2) is 19.7 Å². The highest BCUT2D eigenvalue weighted by atomic mass is 35.5. The molecule has 2 aromatic heterocycles. The van der Waals surface area contributed by atoms with Crippen molar-refractivity contribution in [3.05, 3.63) is 62.5 Å². The second kappa shape index (κ2) is 5.31. The van der Waals surface area contributed by atoms with Crippen LogP contribution in [0, 0.1) is 10.1 Å². The minimum absolute atomic E-state index is 0.00870. The van der Waals surface area contributed by atoms with Crippen molar-refractivity contribution in [2.75, 3.05) is 0 Å². The lowest BCUT2D eigenvalue weighted by atomic mass is 10.2. The first-order valence-corrected chi connectivity index (χ1v) is 6.71. The van der Waals surface area contributed by atoms with Crippen molar-refractivity contribution >= 4 is 39.8 Å². The molecule has 0 spiro atoms. The highest BCUT2D eigenvalue weighted by Crippen LogP contribution is 2.23. The van der Waals surface area contributed by atoms with Gasteiger partial charge < -0.3 is 0 Å². The Morgan fingerprint density at radius 2 is 2.05 bits per heavy atom. The Bertz CT molecular complexity index is 847. The van der Waals surface area contributed by atoms with Gasteiger partial charge in [0.15, 0.2) is 0 Å². The van der Waals surface area contributed by atoms with E-state index in [9.17, 15) is 10.1 Å². The van der Waals surface area contributed by atoms with Gasteiger partial charge in [-0.2, -0.15) is 5.10 Å². The quantitative estimate of drug-likeness (QED) is 0.418. The largest absolute Gasteiger partial charge is 0.271 e. The summed E-state index contributed by atoms with van der Waals surface area (Å²) in [6, 6.07) is 7.82. The molecule has 6 nitrogen and oxygen atoms in total. The van der Waals surface area contributed by atoms with Crippen LogP contribution in [0.25, 0.3) is 10.9 Å². The van der Waals surface area contributed by atoms with E-state index in [0.717, 1.165) is 5.39 Å². The molecular formula is C13H8Cl2N4O2. The number of fused-ring (bicyclic) bond motifs is 1. The summed E-state index contributed by atoms with van der Waals surface area (Å²) in [6.45, 7) is 0.282. The molecule has 0 fully saturated rings. The maximum absolute atomic E-state index is 10.9. The fraction of sp³-hybridized carbons (Fsp3) is 0.0769. The van der Waals surface area contributed by atoms with Crippen LogP contribution in [0.3, 0.4) is 0 Å². The smallest absolute Gasteiger partial charge is 0.259 e. The zero-order valence-corrected chi connectivity index (χ0v) is 12.0. The first-order chi connectivity index (χ1) is 10.0. The van der Waals surface area contributed by atoms with E-state index in [0.29, 0.717) is 21.4 Å². The van der Waals surface area contributed by atoms with Gasteiger partial charge in [-0.1, -0.05) is 23.2 Å². The number of non-ortho nitro benzene ring substituents is 1. The van der Waals surface area contributed by atoms with E-state index in [1.807, 2.05) is 0 Å². The summed E-state index contributed by atoms with van der Waals surface area (Å²) in [5, 5.41) is 16.7. The summed E-state index contributed by atoms with van der Waals surface area (Å²) in [5.74, 6) is 0. The standard InChI is InChI=1S/C13H8Cl2N4O2/c14-10-3-4-13(15)17-11(10)7-18-12-5-9(19(20)21)2-1-8(12)6-16-18/h1-6H,7H2. The SMILES string of the molecule is O=[N+]([O-])c1ccc2cnn(Cc3nc(Cl)ccc3Cl)c2c1. The van der Waals surface area contributed by atoms with E-state index in [-0.39, 0.29) is 12.2 Å². The maximum Gasteiger partial charge on any atom is 0.271 e. The number of hydrogen-bond acceptors (Lipinski definition) is 4. The number of nitro benzene ring substituents is 1. The van der Waals surface area contributed by atoms with Gasteiger partial charge in [0.25, 0.3) is 5.69 Å². The third-order valence-corrected chi connectivity index (χ3v) is 3.58. The van der Waals surface area contributed by atoms with Gasteiger partial charge in [-0.25, -0.2) is 4.98 Å². The Balaban J connectivity index is 2.06. The molecule has 0 unspecified atom stereocenters. The fourth-order valence-electron chi connectivity index (χ4n) is 2.01. The van der Waals surface area contributed by atoms with Crippen molar-refractivity contribution in [2.24, 2.45) is 0 Å². The molecule has 0 bridgehead atoms. The number of pyridine rings is 1. The highest BCUT2D eigenvalue weighted by Gasteiger charge is 2.12. The molecule has 8 heteroatoms. The molecule has 0 amide bonds. The third kappa shape index (κ3) is 2.68. The zero-order valence-electron chi connectivity index (χ0n) is 10.5. The van der Waals surface area contributed by atoms with Crippen LogP contribution in [0.5, 0.6) is 0 Å². The first-order valence-electron chi connectivity index (χ1n) is 5.95. The van der Waals surface area contributed by atoms with Gasteiger partial charge in [-0.15, -0.1) is 0 Å². The topological polar surface area (TPSA) is 73.8 Å². The second-order valence-electron chi connectivity index (χ2n) is 4.36. The van der Waals surface area contributed by atoms with Gasteiger partial charge in [0, 0.05) is 17.5 Å². The predicted octanol–water partition coefficient (Wildman–Crippen LogP) is 3.69. The normalized spacial score (nSPS) is 11.0. The van der Waals surface area contributed by atoms with Gasteiger partial charge in [0.2, 0.25) is 0 Å². The molecule has 21 heavy (non-hydrogen) atoms. The summed E-state index contributed by atoms with van der Waals surface area (Å²) in [6.07, 6.45) is 1.64. The molecule has 0 aliphatic carbocycles. The number of halogens is 2. The van der Waals surface area contributed by atoms with E-state index in [1.165, 1.54) is 12.1 Å². The number of rotatable bonds is 3. The molecule has 0 saturated carbocycles. The Morgan fingerprint density at radius 1 is 1.24 bits per heavy atom. The predicted molar refractivity (Wildman–Crippen MR) is 79.7 cm³/mol. The van der Waals surface area contributed by atoms with Gasteiger partial charge >= 0.3 is 0 Å². The Kier molecular flexibility index (Phi) is 3.48. The lowest BCUT2D eigenvalue weighted by Gasteiger charge is -2.05. The monoisotopic (exact) mass is 322 g/mol. The van der Waals surface area contributed by atoms with E-state index in [2.05, 4.69) is 10.1 Å². The Hall–Kier alpha value is -2.18. The van der Waals surface area contributed by atoms with Crippen molar-refractivity contribution in [3.63, 3.8) is 0 Å². The van der Waals surface area contributed by atoms with Crippen LogP contribution < -0.4 is 0 Å². The molecule has 0 atom stereocenters. The van der Waals surface area contributed by atoms with Gasteiger partial charge in [0.05, 0.1) is 33.9 Å². The van der Waals surface area contributed by atoms with Crippen LogP contribution in [0.15, 0.2) is 36.5 Å². The maximum atomic E-state index is 10.9. The number of benzene rings is 1. The number of aromatic nitrogens is 3. The number of nitro groups is 1. The van der Waals surface area contributed by atoms with Crippen molar-refractivity contribution in [1.29, 1.82) is 0 Å². The van der Waals surface area contributed by atoms with E-state index < -0.39 is 4.92 Å². The lowest BCUT2D eigenvalue weighted by molar-refractivity contribution is -0.384. The zero-order chi connectivity index (χ0) is 15.0.